The summed E-state index contributed by atoms with van der Waals surface area (Å²) < 4.78 is 6.53. The van der Waals surface area contributed by atoms with E-state index in [9.17, 15) is 14.4 Å². The summed E-state index contributed by atoms with van der Waals surface area (Å²) >= 11 is 12.3. The number of ether oxygens (including phenoxy) is 1. The highest BCUT2D eigenvalue weighted by atomic mass is 35.5. The van der Waals surface area contributed by atoms with Gasteiger partial charge < -0.3 is 20.3 Å². The third kappa shape index (κ3) is 5.27. The topological polar surface area (TPSA) is 91.0 Å². The van der Waals surface area contributed by atoms with Crippen molar-refractivity contribution in [3.63, 3.8) is 0 Å². The maximum absolute atomic E-state index is 14.3. The Labute approximate surface area is 258 Å². The van der Waals surface area contributed by atoms with Crippen molar-refractivity contribution in [3.8, 4) is 0 Å². The fraction of sp³-hybridized carbons (Fsp3) is 0.656. The van der Waals surface area contributed by atoms with Gasteiger partial charge in [-0.2, -0.15) is 0 Å². The second-order valence-corrected chi connectivity index (χ2v) is 14.0. The number of anilines is 1. The van der Waals surface area contributed by atoms with Crippen molar-refractivity contribution in [2.45, 2.75) is 89.1 Å². The number of halogens is 2. The van der Waals surface area contributed by atoms with Gasteiger partial charge in [0, 0.05) is 40.9 Å². The van der Waals surface area contributed by atoms with Gasteiger partial charge in [0.2, 0.25) is 17.7 Å². The summed E-state index contributed by atoms with van der Waals surface area (Å²) in [4.78, 5) is 46.4. The number of piperidine rings is 1. The summed E-state index contributed by atoms with van der Waals surface area (Å²) in [6.07, 6.45) is 9.75. The zero-order valence-electron chi connectivity index (χ0n) is 24.7. The molecular formula is C32H42Cl2N4O4. The number of carbonyl (C=O) groups excluding carboxylic acids is 3. The Morgan fingerprint density at radius 1 is 1.00 bits per heavy atom. The van der Waals surface area contributed by atoms with Gasteiger partial charge in [0.1, 0.15) is 11.6 Å². The van der Waals surface area contributed by atoms with E-state index in [0.29, 0.717) is 46.7 Å². The average Bonchev–Trinajstić information content (AvgIpc) is 3.57. The largest absolute Gasteiger partial charge is 0.359 e. The molecule has 7 unspecified atom stereocenters. The van der Waals surface area contributed by atoms with Crippen molar-refractivity contribution in [2.75, 3.05) is 25.0 Å². The van der Waals surface area contributed by atoms with Crippen LogP contribution in [0.15, 0.2) is 30.4 Å². The zero-order valence-corrected chi connectivity index (χ0v) is 26.2. The maximum atomic E-state index is 14.3. The smallest absolute Gasteiger partial charge is 0.246 e. The van der Waals surface area contributed by atoms with Crippen molar-refractivity contribution in [1.29, 1.82) is 0 Å². The van der Waals surface area contributed by atoms with Crippen LogP contribution in [-0.2, 0) is 19.1 Å². The molecular weight excluding hydrogens is 575 g/mol. The van der Waals surface area contributed by atoms with Gasteiger partial charge in [-0.25, -0.2) is 0 Å². The molecule has 0 radical (unpaired) electrons. The van der Waals surface area contributed by atoms with Crippen LogP contribution in [0.5, 0.6) is 0 Å². The molecule has 5 aliphatic rings. The van der Waals surface area contributed by atoms with Crippen LogP contribution in [0.1, 0.15) is 59.3 Å². The van der Waals surface area contributed by atoms with Gasteiger partial charge in [0.25, 0.3) is 0 Å². The summed E-state index contributed by atoms with van der Waals surface area (Å²) in [5, 5.41) is 7.04. The third-order valence-corrected chi connectivity index (χ3v) is 11.1. The molecule has 4 aliphatic heterocycles. The Balaban J connectivity index is 1.28. The lowest BCUT2D eigenvalue weighted by atomic mass is 9.73. The van der Waals surface area contributed by atoms with Crippen LogP contribution in [0.3, 0.4) is 0 Å². The van der Waals surface area contributed by atoms with Gasteiger partial charge in [-0.1, -0.05) is 68.5 Å². The fourth-order valence-corrected chi connectivity index (χ4v) is 8.66. The van der Waals surface area contributed by atoms with Crippen molar-refractivity contribution in [3.05, 3.63) is 40.4 Å². The zero-order chi connectivity index (χ0) is 29.8. The molecule has 3 amide bonds. The van der Waals surface area contributed by atoms with E-state index in [2.05, 4.69) is 36.3 Å². The number of likely N-dealkylation sites (tertiary alicyclic amines) is 2. The molecule has 2 N–H and O–H groups in total. The molecule has 1 aromatic carbocycles. The van der Waals surface area contributed by atoms with E-state index in [1.54, 1.807) is 23.1 Å². The standard InChI is InChI=1S/C32H42Cl2N4O4/c1-18-7-6-9-24(20(18)3)36-30(40)28-32-11-10-25(42-32)26(29(39)35-23-16-21(33)15-22(34)17-23)27(32)31(41)38(28)14-13-37-12-5-4-8-19(37)2/h10-11,15-20,24-28H,4-9,12-14H2,1-3H3,(H,35,39)(H,36,40)/t18?,19?,20?,24?,25-,26?,27-,28?,32?/m0/s1. The van der Waals surface area contributed by atoms with Gasteiger partial charge >= 0.3 is 0 Å². The number of carbonyl (C=O) groups is 3. The molecule has 8 nitrogen and oxygen atoms in total. The Bertz CT molecular complexity index is 1250. The molecule has 1 spiro atoms. The monoisotopic (exact) mass is 616 g/mol. The fourth-order valence-electron chi connectivity index (χ4n) is 8.13. The number of amides is 3. The minimum absolute atomic E-state index is 0.0463. The molecule has 1 aliphatic carbocycles. The van der Waals surface area contributed by atoms with Crippen LogP contribution in [-0.4, -0.2) is 77.0 Å². The minimum Gasteiger partial charge on any atom is -0.359 e. The molecule has 228 valence electrons. The summed E-state index contributed by atoms with van der Waals surface area (Å²) in [6.45, 7) is 8.74. The number of benzene rings is 1. The van der Waals surface area contributed by atoms with Crippen LogP contribution < -0.4 is 10.6 Å². The van der Waals surface area contributed by atoms with Gasteiger partial charge in [-0.3, -0.25) is 19.3 Å². The first kappa shape index (κ1) is 29.9. The SMILES string of the molecule is CC1CCCC(NC(=O)C2N(CCN3CCCCC3C)C(=O)[C@@H]3C(C(=O)Nc4cc(Cl)cc(Cl)c4)[C@@H]4C=CC23O4)C1C. The molecule has 2 bridgehead atoms. The summed E-state index contributed by atoms with van der Waals surface area (Å²) in [6, 6.07) is 4.48. The van der Waals surface area contributed by atoms with E-state index in [1.165, 1.54) is 6.42 Å². The van der Waals surface area contributed by atoms with E-state index in [-0.39, 0.29) is 23.8 Å². The average molecular weight is 618 g/mol. The van der Waals surface area contributed by atoms with E-state index >= 15 is 0 Å². The van der Waals surface area contributed by atoms with E-state index in [4.69, 9.17) is 27.9 Å². The lowest BCUT2D eigenvalue weighted by Crippen LogP contribution is -2.58. The predicted molar refractivity (Wildman–Crippen MR) is 163 cm³/mol. The first-order valence-electron chi connectivity index (χ1n) is 15.6. The first-order valence-corrected chi connectivity index (χ1v) is 16.3. The lowest BCUT2D eigenvalue weighted by Gasteiger charge is -2.39. The Morgan fingerprint density at radius 2 is 1.76 bits per heavy atom. The molecule has 4 fully saturated rings. The quantitative estimate of drug-likeness (QED) is 0.425. The molecule has 6 rings (SSSR count). The molecule has 9 atom stereocenters. The molecule has 0 aromatic heterocycles. The highest BCUT2D eigenvalue weighted by Crippen LogP contribution is 2.55. The highest BCUT2D eigenvalue weighted by molar-refractivity contribution is 6.35. The first-order chi connectivity index (χ1) is 20.1. The van der Waals surface area contributed by atoms with Crippen LogP contribution in [0.4, 0.5) is 5.69 Å². The highest BCUT2D eigenvalue weighted by Gasteiger charge is 2.72. The Kier molecular flexibility index (Phi) is 8.37. The summed E-state index contributed by atoms with van der Waals surface area (Å²) in [5.41, 5.74) is -0.731. The number of nitrogens with zero attached hydrogens (tertiary/aromatic N) is 2. The van der Waals surface area contributed by atoms with E-state index in [0.717, 1.165) is 38.6 Å². The number of hydrogen-bond acceptors (Lipinski definition) is 5. The van der Waals surface area contributed by atoms with Crippen LogP contribution >= 0.6 is 23.2 Å². The second kappa shape index (κ2) is 11.8. The van der Waals surface area contributed by atoms with Gasteiger partial charge in [0.15, 0.2) is 0 Å². The number of fused-ring (bicyclic) bond motifs is 1. The molecule has 10 heteroatoms. The number of hydrogen-bond donors (Lipinski definition) is 2. The molecule has 1 saturated carbocycles. The van der Waals surface area contributed by atoms with Crippen molar-refractivity contribution < 1.29 is 19.1 Å². The predicted octanol–water partition coefficient (Wildman–Crippen LogP) is 4.90. The van der Waals surface area contributed by atoms with Gasteiger partial charge in [0.05, 0.1) is 17.9 Å². The van der Waals surface area contributed by atoms with Crippen LogP contribution in [0, 0.1) is 23.7 Å². The maximum Gasteiger partial charge on any atom is 0.246 e. The Morgan fingerprint density at radius 3 is 2.50 bits per heavy atom. The minimum atomic E-state index is -1.18. The molecule has 42 heavy (non-hydrogen) atoms. The van der Waals surface area contributed by atoms with E-state index < -0.39 is 29.6 Å². The summed E-state index contributed by atoms with van der Waals surface area (Å²) in [5.74, 6) is -1.43. The second-order valence-electron chi connectivity index (χ2n) is 13.1. The third-order valence-electron chi connectivity index (χ3n) is 10.7. The van der Waals surface area contributed by atoms with Crippen molar-refractivity contribution in [2.24, 2.45) is 23.7 Å². The summed E-state index contributed by atoms with van der Waals surface area (Å²) in [7, 11) is 0. The van der Waals surface area contributed by atoms with Crippen LogP contribution in [0.25, 0.3) is 0 Å². The Hall–Kier alpha value is -2.13. The lowest BCUT2D eigenvalue weighted by molar-refractivity contribution is -0.142. The molecule has 1 aromatic rings. The number of nitrogens with one attached hydrogen (secondary N) is 2. The van der Waals surface area contributed by atoms with E-state index in [1.807, 2.05) is 12.2 Å². The van der Waals surface area contributed by atoms with Gasteiger partial charge in [-0.15, -0.1) is 0 Å². The molecule has 4 heterocycles. The van der Waals surface area contributed by atoms with Crippen molar-refractivity contribution in [1.82, 2.24) is 15.1 Å². The number of rotatable bonds is 7. The van der Waals surface area contributed by atoms with Gasteiger partial charge in [-0.05, 0) is 62.8 Å². The normalized spacial score (nSPS) is 37.6. The van der Waals surface area contributed by atoms with Crippen molar-refractivity contribution >= 4 is 46.6 Å². The molecule has 3 saturated heterocycles. The van der Waals surface area contributed by atoms with Crippen LogP contribution in [0.2, 0.25) is 10.0 Å².